The molecule has 0 unspecified atom stereocenters. The lowest BCUT2D eigenvalue weighted by molar-refractivity contribution is -0.682. The molecule has 4 rings (SSSR count). The van der Waals surface area contributed by atoms with Crippen LogP contribution in [0.4, 0.5) is 8.78 Å². The molecular weight excluding hydrogens is 544 g/mol. The largest absolute Gasteiger partial charge is 0.476 e. The molecule has 41 heavy (non-hydrogen) atoms. The standard InChI is InChI=1S/C28H29F2N3O8/c1-3-31-23-16-19(41-18(2)28(29,30)27(37)38)8-9-22(23)32(10-12-39-14-15-40-13-11-34)24(31)17-33-25(35)20-6-4-5-7-21(20)26(33)36/h4-9,16,34H,2-3,10-15,17H2,1H3/p+1. The lowest BCUT2D eigenvalue weighted by Gasteiger charge is -2.14. The van der Waals surface area contributed by atoms with Crippen molar-refractivity contribution in [3.8, 4) is 5.75 Å². The number of benzene rings is 2. The van der Waals surface area contributed by atoms with E-state index in [1.165, 1.54) is 12.1 Å². The number of aliphatic carboxylic acids is 1. The van der Waals surface area contributed by atoms with Gasteiger partial charge in [0.05, 0.1) is 50.7 Å². The van der Waals surface area contributed by atoms with Gasteiger partial charge in [0, 0.05) is 6.07 Å². The molecule has 3 aromatic rings. The summed E-state index contributed by atoms with van der Waals surface area (Å²) in [7, 11) is 0. The smallest absolute Gasteiger partial charge is 0.398 e. The summed E-state index contributed by atoms with van der Waals surface area (Å²) >= 11 is 0. The molecular formula is C28H30F2N3O8+. The molecule has 11 nitrogen and oxygen atoms in total. The third kappa shape index (κ3) is 5.97. The molecule has 1 aliphatic heterocycles. The van der Waals surface area contributed by atoms with Crippen molar-refractivity contribution in [2.45, 2.75) is 32.5 Å². The predicted molar refractivity (Wildman–Crippen MR) is 140 cm³/mol. The van der Waals surface area contributed by atoms with Gasteiger partial charge in [-0.2, -0.15) is 8.78 Å². The maximum Gasteiger partial charge on any atom is 0.398 e. The SMILES string of the molecule is C=C(Oc1ccc2c(c1)n(CC)c(CN1C(=O)c3ccccc3C1=O)[n+]2CCOCCOCCO)C(F)(F)C(=O)O. The lowest BCUT2D eigenvalue weighted by atomic mass is 10.1. The van der Waals surface area contributed by atoms with Crippen LogP contribution in [0.15, 0.2) is 54.8 Å². The zero-order chi connectivity index (χ0) is 29.7. The van der Waals surface area contributed by atoms with Crippen LogP contribution in [0.5, 0.6) is 5.75 Å². The third-order valence-electron chi connectivity index (χ3n) is 6.57. The minimum atomic E-state index is -4.30. The van der Waals surface area contributed by atoms with E-state index >= 15 is 0 Å². The zero-order valence-electron chi connectivity index (χ0n) is 22.3. The van der Waals surface area contributed by atoms with Gasteiger partial charge in [-0.25, -0.2) is 13.9 Å². The Morgan fingerprint density at radius 2 is 1.66 bits per heavy atom. The van der Waals surface area contributed by atoms with E-state index in [2.05, 4.69) is 6.58 Å². The van der Waals surface area contributed by atoms with Crippen molar-refractivity contribution in [2.75, 3.05) is 33.0 Å². The quantitative estimate of drug-likeness (QED) is 0.122. The van der Waals surface area contributed by atoms with Crippen LogP contribution in [-0.4, -0.2) is 76.4 Å². The number of alkyl halides is 2. The Kier molecular flexibility index (Phi) is 9.11. The van der Waals surface area contributed by atoms with Crippen LogP contribution in [0, 0.1) is 0 Å². The van der Waals surface area contributed by atoms with Crippen LogP contribution in [0.3, 0.4) is 0 Å². The first-order valence-electron chi connectivity index (χ1n) is 12.9. The maximum atomic E-state index is 13.9. The number of carboxylic acids is 1. The van der Waals surface area contributed by atoms with E-state index in [9.17, 15) is 23.2 Å². The molecule has 0 atom stereocenters. The first-order valence-corrected chi connectivity index (χ1v) is 12.9. The monoisotopic (exact) mass is 574 g/mol. The van der Waals surface area contributed by atoms with Crippen molar-refractivity contribution in [2.24, 2.45) is 0 Å². The minimum Gasteiger partial charge on any atom is -0.476 e. The number of halogens is 2. The van der Waals surface area contributed by atoms with E-state index < -0.39 is 29.5 Å². The fourth-order valence-corrected chi connectivity index (χ4v) is 4.60. The van der Waals surface area contributed by atoms with Gasteiger partial charge in [-0.15, -0.1) is 0 Å². The highest BCUT2D eigenvalue weighted by atomic mass is 19.3. The maximum absolute atomic E-state index is 13.9. The predicted octanol–water partition coefficient (Wildman–Crippen LogP) is 2.38. The Morgan fingerprint density at radius 1 is 1.02 bits per heavy atom. The van der Waals surface area contributed by atoms with Crippen LogP contribution in [0.1, 0.15) is 33.5 Å². The molecule has 0 saturated heterocycles. The van der Waals surface area contributed by atoms with Gasteiger partial charge in [0.25, 0.3) is 17.6 Å². The van der Waals surface area contributed by atoms with Crippen molar-refractivity contribution in [3.63, 3.8) is 0 Å². The molecule has 1 aliphatic rings. The number of aliphatic hydroxyl groups excluding tert-OH is 1. The van der Waals surface area contributed by atoms with Crippen molar-refractivity contribution in [1.82, 2.24) is 9.47 Å². The summed E-state index contributed by atoms with van der Waals surface area (Å²) in [6.07, 6.45) is 0. The van der Waals surface area contributed by atoms with Crippen LogP contribution in [0.2, 0.25) is 0 Å². The van der Waals surface area contributed by atoms with Gasteiger partial charge in [-0.3, -0.25) is 14.5 Å². The summed E-state index contributed by atoms with van der Waals surface area (Å²) in [6, 6.07) is 11.0. The summed E-state index contributed by atoms with van der Waals surface area (Å²) in [5.74, 6) is -8.28. The van der Waals surface area contributed by atoms with Crippen molar-refractivity contribution in [1.29, 1.82) is 0 Å². The van der Waals surface area contributed by atoms with Crippen LogP contribution in [0.25, 0.3) is 11.0 Å². The van der Waals surface area contributed by atoms with E-state index in [4.69, 9.17) is 24.4 Å². The third-order valence-corrected chi connectivity index (χ3v) is 6.57. The molecule has 13 heteroatoms. The van der Waals surface area contributed by atoms with E-state index in [0.717, 1.165) is 4.90 Å². The highest BCUT2D eigenvalue weighted by Crippen LogP contribution is 2.30. The lowest BCUT2D eigenvalue weighted by Crippen LogP contribution is -2.44. The number of fused-ring (bicyclic) bond motifs is 2. The molecule has 0 aliphatic carbocycles. The fraction of sp³-hybridized carbons (Fsp3) is 0.357. The fourth-order valence-electron chi connectivity index (χ4n) is 4.60. The Labute approximate surface area is 233 Å². The number of ether oxygens (including phenoxy) is 3. The van der Waals surface area contributed by atoms with Crippen LogP contribution >= 0.6 is 0 Å². The average Bonchev–Trinajstić information content (AvgIpc) is 3.38. The number of carboxylic acid groups (broad SMARTS) is 1. The topological polar surface area (TPSA) is 131 Å². The molecule has 1 aromatic heterocycles. The molecule has 2 aromatic carbocycles. The Morgan fingerprint density at radius 3 is 2.24 bits per heavy atom. The zero-order valence-corrected chi connectivity index (χ0v) is 22.3. The number of amides is 2. The van der Waals surface area contributed by atoms with Gasteiger partial charge in [0.2, 0.25) is 0 Å². The van der Waals surface area contributed by atoms with Gasteiger partial charge in [-0.05, 0) is 31.2 Å². The van der Waals surface area contributed by atoms with Gasteiger partial charge >= 0.3 is 11.9 Å². The second-order valence-electron chi connectivity index (χ2n) is 9.06. The number of rotatable bonds is 15. The number of aliphatic hydroxyl groups is 1. The molecule has 0 radical (unpaired) electrons. The molecule has 218 valence electrons. The number of aromatic nitrogens is 2. The van der Waals surface area contributed by atoms with Crippen LogP contribution in [-0.2, 0) is 33.9 Å². The minimum absolute atomic E-state index is 0.0627. The first-order chi connectivity index (χ1) is 19.6. The normalized spacial score (nSPS) is 13.2. The Balaban J connectivity index is 1.68. The van der Waals surface area contributed by atoms with E-state index in [0.29, 0.717) is 41.1 Å². The number of carbonyl (C=O) groups excluding carboxylic acids is 2. The first kappa shape index (κ1) is 29.8. The number of imide groups is 1. The van der Waals surface area contributed by atoms with E-state index in [-0.39, 0.29) is 45.3 Å². The Bertz CT molecular complexity index is 1450. The molecule has 2 amide bonds. The summed E-state index contributed by atoms with van der Waals surface area (Å²) < 4.78 is 47.5. The van der Waals surface area contributed by atoms with Gasteiger partial charge < -0.3 is 24.4 Å². The number of imidazole rings is 1. The van der Waals surface area contributed by atoms with Gasteiger partial charge in [-0.1, -0.05) is 18.7 Å². The summed E-state index contributed by atoms with van der Waals surface area (Å²) in [5, 5.41) is 17.6. The van der Waals surface area contributed by atoms with Crippen molar-refractivity contribution < 1.29 is 52.2 Å². The number of nitrogens with zero attached hydrogens (tertiary/aromatic N) is 3. The second-order valence-corrected chi connectivity index (χ2v) is 9.06. The van der Waals surface area contributed by atoms with Gasteiger partial charge in [0.15, 0.2) is 16.8 Å². The average molecular weight is 575 g/mol. The summed E-state index contributed by atoms with van der Waals surface area (Å²) in [4.78, 5) is 38.3. The molecule has 0 fully saturated rings. The molecule has 0 saturated carbocycles. The van der Waals surface area contributed by atoms with Crippen LogP contribution < -0.4 is 9.30 Å². The van der Waals surface area contributed by atoms with E-state index in [1.54, 1.807) is 30.3 Å². The molecule has 2 N–H and O–H groups in total. The summed E-state index contributed by atoms with van der Waals surface area (Å²) in [5.41, 5.74) is 1.79. The van der Waals surface area contributed by atoms with Gasteiger partial charge in [0.1, 0.15) is 18.8 Å². The molecule has 0 spiro atoms. The second kappa shape index (κ2) is 12.5. The van der Waals surface area contributed by atoms with Crippen molar-refractivity contribution in [3.05, 3.63) is 71.8 Å². The number of carbonyl (C=O) groups is 3. The number of aryl methyl sites for hydroxylation is 1. The molecule has 0 bridgehead atoms. The summed E-state index contributed by atoms with van der Waals surface area (Å²) in [6.45, 7) is 6.45. The van der Waals surface area contributed by atoms with Crippen molar-refractivity contribution >= 4 is 28.8 Å². The highest BCUT2D eigenvalue weighted by Gasteiger charge is 2.45. The number of hydrogen-bond acceptors (Lipinski definition) is 7. The molecule has 2 heterocycles. The number of hydrogen-bond donors (Lipinski definition) is 2. The highest BCUT2D eigenvalue weighted by molar-refractivity contribution is 6.21. The Hall–Kier alpha value is -4.20. The van der Waals surface area contributed by atoms with E-state index in [1.807, 2.05) is 16.1 Å².